The Kier molecular flexibility index (Phi) is 15.0. The minimum atomic E-state index is -3.43. The van der Waals surface area contributed by atoms with Crippen molar-refractivity contribution in [2.45, 2.75) is 49.4 Å². The number of hydrogen-bond acceptors (Lipinski definition) is 7. The highest BCUT2D eigenvalue weighted by Crippen LogP contribution is 2.18. The Morgan fingerprint density at radius 2 is 1.00 bits per heavy atom. The van der Waals surface area contributed by atoms with Crippen LogP contribution in [0.2, 0.25) is 0 Å². The summed E-state index contributed by atoms with van der Waals surface area (Å²) in [5.74, 6) is 0.513. The summed E-state index contributed by atoms with van der Waals surface area (Å²) in [6.07, 6.45) is 1.57. The molecule has 0 saturated carbocycles. The summed E-state index contributed by atoms with van der Waals surface area (Å²) < 4.78 is 52.7. The summed E-state index contributed by atoms with van der Waals surface area (Å²) in [5.41, 5.74) is 7.78. The van der Waals surface area contributed by atoms with Crippen molar-refractivity contribution in [1.82, 2.24) is 18.4 Å². The number of sulfonamides is 2. The zero-order valence-electron chi connectivity index (χ0n) is 25.8. The standard InChI is InChI=1S/C15H26N2O2S.C14H25N3O2S/c1-13(2)11-14-7-6-8-15(12-14)20(18,19)17(5)10-9-16(3)4;1-12(15)10-13-6-5-7-14(11-13)20(18,19)17(4)9-8-16(2)3/h6-8,12-13H,9-11H2,1-5H3;5-7,11-12H,8-10,15H2,1-4H3/t;12-/m.0/s1. The van der Waals surface area contributed by atoms with Crippen LogP contribution in [0.1, 0.15) is 31.9 Å². The summed E-state index contributed by atoms with van der Waals surface area (Å²) in [6, 6.07) is 14.3. The summed E-state index contributed by atoms with van der Waals surface area (Å²) in [5, 5.41) is 0. The second-order valence-corrected chi connectivity index (χ2v) is 15.4. The SMILES string of the molecule is CC(C)Cc1cccc(S(=O)(=O)N(C)CCN(C)C)c1.C[C@H](N)Cc1cccc(S(=O)(=O)N(C)CCN(C)C)c1. The first-order valence-corrected chi connectivity index (χ1v) is 16.5. The highest BCUT2D eigenvalue weighted by atomic mass is 32.2. The van der Waals surface area contributed by atoms with Crippen molar-refractivity contribution in [3.8, 4) is 0 Å². The van der Waals surface area contributed by atoms with Crippen molar-refractivity contribution in [1.29, 1.82) is 0 Å². The van der Waals surface area contributed by atoms with Crippen LogP contribution in [0.3, 0.4) is 0 Å². The van der Waals surface area contributed by atoms with Gasteiger partial charge in [0.1, 0.15) is 0 Å². The molecule has 0 spiro atoms. The van der Waals surface area contributed by atoms with E-state index < -0.39 is 20.0 Å². The minimum Gasteiger partial charge on any atom is -0.328 e. The molecule has 0 amide bonds. The Hall–Kier alpha value is -1.86. The molecule has 1 atom stereocenters. The van der Waals surface area contributed by atoms with Crippen molar-refractivity contribution < 1.29 is 16.8 Å². The predicted octanol–water partition coefficient (Wildman–Crippen LogP) is 2.83. The monoisotopic (exact) mass is 597 g/mol. The van der Waals surface area contributed by atoms with E-state index in [2.05, 4.69) is 13.8 Å². The highest BCUT2D eigenvalue weighted by molar-refractivity contribution is 7.89. The van der Waals surface area contributed by atoms with Gasteiger partial charge >= 0.3 is 0 Å². The van der Waals surface area contributed by atoms with Gasteiger partial charge < -0.3 is 15.5 Å². The number of nitrogens with zero attached hydrogens (tertiary/aromatic N) is 4. The summed E-state index contributed by atoms with van der Waals surface area (Å²) in [4.78, 5) is 4.65. The molecule has 9 nitrogen and oxygen atoms in total. The van der Waals surface area contributed by atoms with Crippen LogP contribution >= 0.6 is 0 Å². The van der Waals surface area contributed by atoms with Crippen molar-refractivity contribution in [2.24, 2.45) is 11.7 Å². The molecule has 2 aromatic carbocycles. The van der Waals surface area contributed by atoms with E-state index in [4.69, 9.17) is 5.73 Å². The minimum absolute atomic E-state index is 0.0134. The summed E-state index contributed by atoms with van der Waals surface area (Å²) >= 11 is 0. The Balaban J connectivity index is 0.000000400. The maximum absolute atomic E-state index is 12.5. The average molecular weight is 598 g/mol. The van der Waals surface area contributed by atoms with E-state index in [1.807, 2.05) is 63.1 Å². The van der Waals surface area contributed by atoms with Crippen LogP contribution in [-0.2, 0) is 32.9 Å². The Morgan fingerprint density at radius 1 is 0.625 bits per heavy atom. The fraction of sp³-hybridized carbons (Fsp3) is 0.586. The molecule has 0 bridgehead atoms. The molecule has 0 unspecified atom stereocenters. The second-order valence-electron chi connectivity index (χ2n) is 11.3. The molecular formula is C29H51N5O4S2. The third kappa shape index (κ3) is 12.3. The molecule has 228 valence electrons. The van der Waals surface area contributed by atoms with Crippen LogP contribution in [0.4, 0.5) is 0 Å². The summed E-state index contributed by atoms with van der Waals surface area (Å²) in [6.45, 7) is 8.52. The van der Waals surface area contributed by atoms with Crippen molar-refractivity contribution in [2.75, 3.05) is 68.5 Å². The van der Waals surface area contributed by atoms with Gasteiger partial charge in [0.25, 0.3) is 0 Å². The lowest BCUT2D eigenvalue weighted by Crippen LogP contribution is -2.33. The van der Waals surface area contributed by atoms with Gasteiger partial charge in [0.05, 0.1) is 9.79 Å². The van der Waals surface area contributed by atoms with E-state index in [0.29, 0.717) is 48.3 Å². The van der Waals surface area contributed by atoms with Gasteiger partial charge in [-0.05, 0) is 89.3 Å². The van der Waals surface area contributed by atoms with E-state index in [1.54, 1.807) is 44.4 Å². The highest BCUT2D eigenvalue weighted by Gasteiger charge is 2.22. The molecule has 0 saturated heterocycles. The summed E-state index contributed by atoms with van der Waals surface area (Å²) in [7, 11) is 4.14. The number of nitrogens with two attached hydrogens (primary N) is 1. The first-order valence-electron chi connectivity index (χ1n) is 13.6. The molecule has 0 aliphatic rings. The molecule has 0 aliphatic carbocycles. The molecular weight excluding hydrogens is 546 g/mol. The zero-order chi connectivity index (χ0) is 30.7. The fourth-order valence-corrected chi connectivity index (χ4v) is 6.26. The largest absolute Gasteiger partial charge is 0.328 e. The molecule has 0 aromatic heterocycles. The Morgan fingerprint density at radius 3 is 1.32 bits per heavy atom. The van der Waals surface area contributed by atoms with E-state index in [0.717, 1.165) is 17.5 Å². The van der Waals surface area contributed by atoms with Crippen LogP contribution in [0, 0.1) is 5.92 Å². The predicted molar refractivity (Wildman–Crippen MR) is 166 cm³/mol. The Bertz CT molecular complexity index is 1150. The third-order valence-electron chi connectivity index (χ3n) is 6.14. The molecule has 40 heavy (non-hydrogen) atoms. The maximum Gasteiger partial charge on any atom is 0.242 e. The number of rotatable bonds is 14. The van der Waals surface area contributed by atoms with Crippen molar-refractivity contribution >= 4 is 20.0 Å². The molecule has 0 radical (unpaired) electrons. The van der Waals surface area contributed by atoms with E-state index in [9.17, 15) is 16.8 Å². The van der Waals surface area contributed by atoms with Crippen LogP contribution in [0.5, 0.6) is 0 Å². The first kappa shape index (κ1) is 36.2. The maximum atomic E-state index is 12.5. The van der Waals surface area contributed by atoms with Gasteiger partial charge in [0.2, 0.25) is 20.0 Å². The van der Waals surface area contributed by atoms with E-state index in [1.165, 1.54) is 8.61 Å². The second kappa shape index (κ2) is 16.5. The van der Waals surface area contributed by atoms with Gasteiger partial charge in [-0.1, -0.05) is 38.1 Å². The number of hydrogen-bond donors (Lipinski definition) is 1. The normalized spacial score (nSPS) is 13.3. The molecule has 2 rings (SSSR count). The van der Waals surface area contributed by atoms with Crippen LogP contribution < -0.4 is 5.73 Å². The van der Waals surface area contributed by atoms with Crippen LogP contribution in [0.25, 0.3) is 0 Å². The molecule has 2 N–H and O–H groups in total. The van der Waals surface area contributed by atoms with Gasteiger partial charge in [-0.3, -0.25) is 0 Å². The van der Waals surface area contributed by atoms with Gasteiger partial charge in [-0.25, -0.2) is 16.8 Å². The lowest BCUT2D eigenvalue weighted by molar-refractivity contribution is 0.358. The van der Waals surface area contributed by atoms with Gasteiger partial charge in [-0.15, -0.1) is 0 Å². The fourth-order valence-electron chi connectivity index (χ4n) is 3.79. The number of likely N-dealkylation sites (N-methyl/N-ethyl adjacent to an activating group) is 4. The van der Waals surface area contributed by atoms with E-state index in [-0.39, 0.29) is 6.04 Å². The lowest BCUT2D eigenvalue weighted by Gasteiger charge is -2.20. The molecule has 2 aromatic rings. The van der Waals surface area contributed by atoms with E-state index >= 15 is 0 Å². The molecule has 0 fully saturated rings. The quantitative estimate of drug-likeness (QED) is 0.357. The third-order valence-corrected chi connectivity index (χ3v) is 9.84. The topological polar surface area (TPSA) is 107 Å². The van der Waals surface area contributed by atoms with Gasteiger partial charge in [-0.2, -0.15) is 8.61 Å². The van der Waals surface area contributed by atoms with Crippen LogP contribution in [0.15, 0.2) is 58.3 Å². The lowest BCUT2D eigenvalue weighted by atomic mass is 10.0. The zero-order valence-corrected chi connectivity index (χ0v) is 27.5. The Labute approximate surface area is 244 Å². The average Bonchev–Trinajstić information content (AvgIpc) is 2.85. The first-order chi connectivity index (χ1) is 18.5. The number of benzene rings is 2. The van der Waals surface area contributed by atoms with Crippen LogP contribution in [-0.4, -0.2) is 110 Å². The smallest absolute Gasteiger partial charge is 0.242 e. The molecule has 0 aliphatic heterocycles. The van der Waals surface area contributed by atoms with Crippen molar-refractivity contribution in [3.63, 3.8) is 0 Å². The molecule has 0 heterocycles. The van der Waals surface area contributed by atoms with Crippen molar-refractivity contribution in [3.05, 3.63) is 59.7 Å². The van der Waals surface area contributed by atoms with Gasteiger partial charge in [0, 0.05) is 46.3 Å². The van der Waals surface area contributed by atoms with Gasteiger partial charge in [0.15, 0.2) is 0 Å². The molecule has 11 heteroatoms.